The van der Waals surface area contributed by atoms with Crippen LogP contribution >= 0.6 is 15.9 Å². The smallest absolute Gasteiger partial charge is 0.0465 e. The molecule has 0 fully saturated rings. The summed E-state index contributed by atoms with van der Waals surface area (Å²) < 4.78 is 6.34. The Morgan fingerprint density at radius 2 is 2.12 bits per heavy atom. The zero-order valence-corrected chi connectivity index (χ0v) is 12.7. The fourth-order valence-corrected chi connectivity index (χ4v) is 2.56. The molecular weight excluding hydrogens is 278 g/mol. The molecule has 1 aromatic carbocycles. The highest BCUT2D eigenvalue weighted by atomic mass is 79.9. The van der Waals surface area contributed by atoms with Crippen molar-refractivity contribution in [2.75, 3.05) is 20.8 Å². The fraction of sp³-hybridized carbons (Fsp3) is 0.571. The van der Waals surface area contributed by atoms with Crippen molar-refractivity contribution in [1.82, 2.24) is 5.32 Å². The maximum Gasteiger partial charge on any atom is 0.0465 e. The number of ether oxygens (including phenoxy) is 1. The van der Waals surface area contributed by atoms with E-state index in [1.54, 1.807) is 7.11 Å². The van der Waals surface area contributed by atoms with Crippen LogP contribution < -0.4 is 5.32 Å². The van der Waals surface area contributed by atoms with Crippen molar-refractivity contribution in [3.63, 3.8) is 0 Å². The fourth-order valence-electron chi connectivity index (χ4n) is 2.18. The Bertz CT molecular complexity index is 354. The number of rotatable bonds is 6. The molecule has 2 atom stereocenters. The van der Waals surface area contributed by atoms with E-state index in [0.29, 0.717) is 12.0 Å². The first-order valence-corrected chi connectivity index (χ1v) is 6.82. The average molecular weight is 300 g/mol. The van der Waals surface area contributed by atoms with Gasteiger partial charge in [0.1, 0.15) is 0 Å². The Kier molecular flexibility index (Phi) is 6.17. The lowest BCUT2D eigenvalue weighted by molar-refractivity contribution is 0.171. The molecule has 0 radical (unpaired) electrons. The summed E-state index contributed by atoms with van der Waals surface area (Å²) in [6, 6.07) is 6.76. The van der Waals surface area contributed by atoms with E-state index < -0.39 is 0 Å². The molecule has 1 rings (SSSR count). The Balaban J connectivity index is 2.89. The Morgan fingerprint density at radius 1 is 1.41 bits per heavy atom. The molecular formula is C14H22BrNO. The van der Waals surface area contributed by atoms with Crippen LogP contribution in [-0.4, -0.2) is 20.8 Å². The number of halogens is 1. The molecule has 0 aliphatic rings. The summed E-state index contributed by atoms with van der Waals surface area (Å²) in [4.78, 5) is 0. The molecule has 1 aromatic rings. The van der Waals surface area contributed by atoms with E-state index in [2.05, 4.69) is 53.3 Å². The Morgan fingerprint density at radius 3 is 2.71 bits per heavy atom. The van der Waals surface area contributed by atoms with E-state index in [-0.39, 0.29) is 0 Å². The first-order chi connectivity index (χ1) is 8.11. The highest BCUT2D eigenvalue weighted by molar-refractivity contribution is 9.10. The average Bonchev–Trinajstić information content (AvgIpc) is 2.32. The van der Waals surface area contributed by atoms with Crippen molar-refractivity contribution in [3.8, 4) is 0 Å². The van der Waals surface area contributed by atoms with Crippen molar-refractivity contribution in [3.05, 3.63) is 33.8 Å². The Labute approximate surface area is 113 Å². The normalized spacial score (nSPS) is 14.6. The van der Waals surface area contributed by atoms with Gasteiger partial charge in [-0.05, 0) is 43.5 Å². The molecule has 17 heavy (non-hydrogen) atoms. The minimum absolute atomic E-state index is 0.377. The van der Waals surface area contributed by atoms with Gasteiger partial charge in [0.2, 0.25) is 0 Å². The van der Waals surface area contributed by atoms with Crippen LogP contribution in [0.5, 0.6) is 0 Å². The molecule has 3 heteroatoms. The van der Waals surface area contributed by atoms with Crippen molar-refractivity contribution in [2.24, 2.45) is 5.92 Å². The van der Waals surface area contributed by atoms with Crippen LogP contribution in [0.1, 0.15) is 30.5 Å². The minimum atomic E-state index is 0.377. The molecule has 0 aliphatic carbocycles. The summed E-state index contributed by atoms with van der Waals surface area (Å²) in [5.74, 6) is 0.549. The molecule has 1 N–H and O–H groups in total. The van der Waals surface area contributed by atoms with Gasteiger partial charge in [0, 0.05) is 24.2 Å². The van der Waals surface area contributed by atoms with Gasteiger partial charge in [-0.1, -0.05) is 35.0 Å². The second-order valence-electron chi connectivity index (χ2n) is 4.48. The molecule has 0 heterocycles. The second-order valence-corrected chi connectivity index (χ2v) is 5.33. The van der Waals surface area contributed by atoms with Crippen molar-refractivity contribution in [2.45, 2.75) is 26.3 Å². The van der Waals surface area contributed by atoms with Crippen LogP contribution in [0.25, 0.3) is 0 Å². The van der Waals surface area contributed by atoms with Crippen LogP contribution in [0.3, 0.4) is 0 Å². The lowest BCUT2D eigenvalue weighted by atomic mass is 9.90. The van der Waals surface area contributed by atoms with Gasteiger partial charge in [-0.3, -0.25) is 0 Å². The molecule has 0 aliphatic heterocycles. The summed E-state index contributed by atoms with van der Waals surface area (Å²) in [6.45, 7) is 5.24. The molecule has 0 amide bonds. The topological polar surface area (TPSA) is 21.3 Å². The highest BCUT2D eigenvalue weighted by Gasteiger charge is 2.19. The number of hydrogen-bond acceptors (Lipinski definition) is 2. The van der Waals surface area contributed by atoms with Crippen LogP contribution in [0.15, 0.2) is 22.7 Å². The zero-order valence-electron chi connectivity index (χ0n) is 11.1. The molecule has 0 spiro atoms. The third-order valence-corrected chi connectivity index (χ3v) is 4.16. The van der Waals surface area contributed by atoms with Gasteiger partial charge in [-0.15, -0.1) is 0 Å². The van der Waals surface area contributed by atoms with Gasteiger partial charge in [0.25, 0.3) is 0 Å². The number of benzene rings is 1. The Hall–Kier alpha value is -0.380. The first-order valence-electron chi connectivity index (χ1n) is 6.03. The molecule has 2 unspecified atom stereocenters. The number of hydrogen-bond donors (Lipinski definition) is 1. The van der Waals surface area contributed by atoms with Crippen molar-refractivity contribution < 1.29 is 4.74 Å². The maximum absolute atomic E-state index is 5.16. The first kappa shape index (κ1) is 14.7. The molecule has 0 aromatic heterocycles. The van der Waals surface area contributed by atoms with E-state index in [0.717, 1.165) is 13.0 Å². The van der Waals surface area contributed by atoms with Crippen LogP contribution in [0, 0.1) is 12.8 Å². The van der Waals surface area contributed by atoms with Gasteiger partial charge >= 0.3 is 0 Å². The van der Waals surface area contributed by atoms with Crippen LogP contribution in [0.4, 0.5) is 0 Å². The monoisotopic (exact) mass is 299 g/mol. The van der Waals surface area contributed by atoms with E-state index in [4.69, 9.17) is 4.74 Å². The van der Waals surface area contributed by atoms with Gasteiger partial charge < -0.3 is 10.1 Å². The predicted octanol–water partition coefficient (Wildman–Crippen LogP) is 3.69. The highest BCUT2D eigenvalue weighted by Crippen LogP contribution is 2.30. The summed E-state index contributed by atoms with van der Waals surface area (Å²) in [5, 5.41) is 3.42. The summed E-state index contributed by atoms with van der Waals surface area (Å²) >= 11 is 3.59. The van der Waals surface area contributed by atoms with Crippen molar-refractivity contribution in [1.29, 1.82) is 0 Å². The zero-order chi connectivity index (χ0) is 12.8. The van der Waals surface area contributed by atoms with E-state index in [9.17, 15) is 0 Å². The predicted molar refractivity (Wildman–Crippen MR) is 76.3 cm³/mol. The second kappa shape index (κ2) is 7.14. The molecule has 0 bridgehead atoms. The largest absolute Gasteiger partial charge is 0.385 e. The van der Waals surface area contributed by atoms with Crippen LogP contribution in [0.2, 0.25) is 0 Å². The molecule has 2 nitrogen and oxygen atoms in total. The molecule has 0 saturated carbocycles. The summed E-state index contributed by atoms with van der Waals surface area (Å²) in [6.07, 6.45) is 1.06. The minimum Gasteiger partial charge on any atom is -0.385 e. The van der Waals surface area contributed by atoms with E-state index >= 15 is 0 Å². The van der Waals surface area contributed by atoms with E-state index in [1.807, 2.05) is 7.05 Å². The quantitative estimate of drug-likeness (QED) is 0.865. The molecule has 0 saturated heterocycles. The number of nitrogens with one attached hydrogen (secondary N) is 1. The maximum atomic E-state index is 5.16. The van der Waals surface area contributed by atoms with Gasteiger partial charge in [0.05, 0.1) is 0 Å². The van der Waals surface area contributed by atoms with E-state index in [1.165, 1.54) is 15.6 Å². The third kappa shape index (κ3) is 3.80. The summed E-state index contributed by atoms with van der Waals surface area (Å²) in [7, 11) is 3.78. The number of methoxy groups -OCH3 is 1. The van der Waals surface area contributed by atoms with Gasteiger partial charge in [-0.2, -0.15) is 0 Å². The summed E-state index contributed by atoms with van der Waals surface area (Å²) in [5.41, 5.74) is 2.68. The van der Waals surface area contributed by atoms with Crippen LogP contribution in [-0.2, 0) is 4.74 Å². The van der Waals surface area contributed by atoms with Crippen molar-refractivity contribution >= 4 is 15.9 Å². The lowest BCUT2D eigenvalue weighted by Crippen LogP contribution is -2.25. The van der Waals surface area contributed by atoms with Gasteiger partial charge in [0.15, 0.2) is 0 Å². The lowest BCUT2D eigenvalue weighted by Gasteiger charge is -2.25. The molecule has 96 valence electrons. The SMILES string of the molecule is CNC(c1cccc(Br)c1C)C(C)CCOC. The third-order valence-electron chi connectivity index (χ3n) is 3.30. The standard InChI is InChI=1S/C14H22BrNO/c1-10(8-9-17-4)14(16-3)12-6-5-7-13(15)11(12)2/h5-7,10,14,16H,8-9H2,1-4H3. The van der Waals surface area contributed by atoms with Gasteiger partial charge in [-0.25, -0.2) is 0 Å².